The third-order valence-corrected chi connectivity index (χ3v) is 5.47. The summed E-state index contributed by atoms with van der Waals surface area (Å²) in [5.74, 6) is 0.109. The fourth-order valence-corrected chi connectivity index (χ4v) is 4.16. The highest BCUT2D eigenvalue weighted by atomic mass is 79.9. The number of halogens is 1. The highest BCUT2D eigenvalue weighted by molar-refractivity contribution is 9.11. The van der Waals surface area contributed by atoms with Crippen molar-refractivity contribution in [3.05, 3.63) is 31.7 Å². The van der Waals surface area contributed by atoms with Crippen LogP contribution >= 0.6 is 38.6 Å². The molecule has 102 valence electrons. The van der Waals surface area contributed by atoms with Crippen molar-refractivity contribution in [1.29, 1.82) is 0 Å². The van der Waals surface area contributed by atoms with Gasteiger partial charge in [-0.15, -0.1) is 22.7 Å². The van der Waals surface area contributed by atoms with Crippen LogP contribution in [0.3, 0.4) is 0 Å². The van der Waals surface area contributed by atoms with Crippen molar-refractivity contribution in [3.63, 3.8) is 0 Å². The lowest BCUT2D eigenvalue weighted by Gasteiger charge is -2.01. The summed E-state index contributed by atoms with van der Waals surface area (Å²) in [6.45, 7) is 2.69. The fourth-order valence-electron chi connectivity index (χ4n) is 1.67. The number of thiophene rings is 2. The van der Waals surface area contributed by atoms with Crippen LogP contribution in [0.25, 0.3) is 0 Å². The van der Waals surface area contributed by atoms with Gasteiger partial charge in [-0.25, -0.2) is 0 Å². The average molecular weight is 359 g/mol. The molecule has 2 rings (SSSR count). The monoisotopic (exact) mass is 358 g/mol. The molecular formula is C13H15BrN2OS2. The molecule has 0 bridgehead atoms. The van der Waals surface area contributed by atoms with Gasteiger partial charge in [-0.1, -0.05) is 6.92 Å². The van der Waals surface area contributed by atoms with Crippen molar-refractivity contribution < 1.29 is 4.79 Å². The maximum atomic E-state index is 11.6. The standard InChI is InChI=1S/C13H15BrN2OS2/c1-2-10(17)13-9(15)7-12(19-13)16-6-5-8-3-4-11(14)18-8/h3-4,7,16H,2,5-6,15H2,1H3. The summed E-state index contributed by atoms with van der Waals surface area (Å²) in [5.41, 5.74) is 6.43. The first kappa shape index (κ1) is 14.6. The van der Waals surface area contributed by atoms with Crippen molar-refractivity contribution >= 4 is 55.1 Å². The third kappa shape index (κ3) is 3.81. The van der Waals surface area contributed by atoms with E-state index in [4.69, 9.17) is 5.73 Å². The first-order chi connectivity index (χ1) is 9.10. The van der Waals surface area contributed by atoms with E-state index >= 15 is 0 Å². The molecule has 0 spiro atoms. The highest BCUT2D eigenvalue weighted by Gasteiger charge is 2.12. The van der Waals surface area contributed by atoms with Gasteiger partial charge in [-0.2, -0.15) is 0 Å². The Morgan fingerprint density at radius 2 is 2.21 bits per heavy atom. The van der Waals surface area contributed by atoms with E-state index in [2.05, 4.69) is 33.4 Å². The number of ketones is 1. The van der Waals surface area contributed by atoms with Crippen molar-refractivity contribution in [2.75, 3.05) is 17.6 Å². The van der Waals surface area contributed by atoms with E-state index in [1.165, 1.54) is 16.2 Å². The maximum Gasteiger partial charge on any atom is 0.174 e. The van der Waals surface area contributed by atoms with E-state index < -0.39 is 0 Å². The van der Waals surface area contributed by atoms with Crippen molar-refractivity contribution in [3.8, 4) is 0 Å². The SMILES string of the molecule is CCC(=O)c1sc(NCCc2ccc(Br)s2)cc1N. The summed E-state index contributed by atoms with van der Waals surface area (Å²) in [6, 6.07) is 6.02. The summed E-state index contributed by atoms with van der Waals surface area (Å²) >= 11 is 6.63. The van der Waals surface area contributed by atoms with Crippen LogP contribution < -0.4 is 11.1 Å². The first-order valence-electron chi connectivity index (χ1n) is 6.00. The van der Waals surface area contributed by atoms with Gasteiger partial charge in [-0.3, -0.25) is 4.79 Å². The number of carbonyl (C=O) groups excluding carboxylic acids is 1. The molecule has 0 aliphatic rings. The van der Waals surface area contributed by atoms with Gasteiger partial charge in [0.2, 0.25) is 0 Å². The van der Waals surface area contributed by atoms with Crippen LogP contribution in [0.15, 0.2) is 22.0 Å². The second-order valence-electron chi connectivity index (χ2n) is 4.05. The molecule has 0 radical (unpaired) electrons. The third-order valence-electron chi connectivity index (χ3n) is 2.63. The summed E-state index contributed by atoms with van der Waals surface area (Å²) in [4.78, 5) is 13.6. The number of nitrogen functional groups attached to an aromatic ring is 1. The van der Waals surface area contributed by atoms with Crippen LogP contribution in [0.2, 0.25) is 0 Å². The Hall–Kier alpha value is -0.850. The number of nitrogens with one attached hydrogen (secondary N) is 1. The molecule has 2 aromatic heterocycles. The molecule has 0 unspecified atom stereocenters. The molecule has 0 aliphatic heterocycles. The molecule has 0 aliphatic carbocycles. The van der Waals surface area contributed by atoms with Gasteiger partial charge >= 0.3 is 0 Å². The summed E-state index contributed by atoms with van der Waals surface area (Å²) in [6.07, 6.45) is 1.46. The molecule has 0 saturated carbocycles. The van der Waals surface area contributed by atoms with Crippen LogP contribution in [0.1, 0.15) is 27.9 Å². The average Bonchev–Trinajstić information content (AvgIpc) is 2.95. The lowest BCUT2D eigenvalue weighted by Crippen LogP contribution is -2.02. The van der Waals surface area contributed by atoms with Crippen LogP contribution in [0.5, 0.6) is 0 Å². The zero-order valence-electron chi connectivity index (χ0n) is 10.5. The number of hydrogen-bond donors (Lipinski definition) is 2. The topological polar surface area (TPSA) is 55.1 Å². The Bertz CT molecular complexity index is 577. The van der Waals surface area contributed by atoms with Gasteiger partial charge in [0.15, 0.2) is 5.78 Å². The van der Waals surface area contributed by atoms with Gasteiger partial charge in [0.05, 0.1) is 19.4 Å². The number of hydrogen-bond acceptors (Lipinski definition) is 5. The van der Waals surface area contributed by atoms with E-state index in [1.54, 1.807) is 11.3 Å². The molecule has 3 N–H and O–H groups in total. The Balaban J connectivity index is 1.91. The normalized spacial score (nSPS) is 10.6. The Labute approximate surface area is 129 Å². The van der Waals surface area contributed by atoms with E-state index in [0.29, 0.717) is 17.0 Å². The van der Waals surface area contributed by atoms with Crippen molar-refractivity contribution in [1.82, 2.24) is 0 Å². The van der Waals surface area contributed by atoms with E-state index in [1.807, 2.05) is 13.0 Å². The largest absolute Gasteiger partial charge is 0.397 e. The van der Waals surface area contributed by atoms with Crippen molar-refractivity contribution in [2.24, 2.45) is 0 Å². The molecule has 0 aromatic carbocycles. The smallest absolute Gasteiger partial charge is 0.174 e. The molecule has 2 aromatic rings. The summed E-state index contributed by atoms with van der Waals surface area (Å²) in [7, 11) is 0. The second-order valence-corrected chi connectivity index (χ2v) is 7.65. The summed E-state index contributed by atoms with van der Waals surface area (Å²) in [5, 5.41) is 4.28. The Kier molecular flexibility index (Phi) is 5.01. The second kappa shape index (κ2) is 6.54. The number of anilines is 2. The van der Waals surface area contributed by atoms with Crippen LogP contribution in [0.4, 0.5) is 10.7 Å². The lowest BCUT2D eigenvalue weighted by molar-refractivity contribution is 0.0993. The molecule has 19 heavy (non-hydrogen) atoms. The quantitative estimate of drug-likeness (QED) is 0.752. The van der Waals surface area contributed by atoms with Crippen LogP contribution in [-0.2, 0) is 6.42 Å². The van der Waals surface area contributed by atoms with Gasteiger partial charge in [-0.05, 0) is 40.5 Å². The molecular weight excluding hydrogens is 344 g/mol. The van der Waals surface area contributed by atoms with E-state index in [9.17, 15) is 4.79 Å². The molecule has 6 heteroatoms. The van der Waals surface area contributed by atoms with Gasteiger partial charge in [0.25, 0.3) is 0 Å². The number of Topliss-reactive ketones (excluding diaryl/α,β-unsaturated/α-hetero) is 1. The predicted octanol–water partition coefficient (Wildman–Crippen LogP) is 4.40. The van der Waals surface area contributed by atoms with Crippen molar-refractivity contribution in [2.45, 2.75) is 19.8 Å². The van der Waals surface area contributed by atoms with Gasteiger partial charge < -0.3 is 11.1 Å². The fraction of sp³-hybridized carbons (Fsp3) is 0.308. The lowest BCUT2D eigenvalue weighted by atomic mass is 10.2. The Morgan fingerprint density at radius 1 is 1.42 bits per heavy atom. The molecule has 2 heterocycles. The molecule has 0 atom stereocenters. The number of carbonyl (C=O) groups is 1. The first-order valence-corrected chi connectivity index (χ1v) is 8.43. The summed E-state index contributed by atoms with van der Waals surface area (Å²) < 4.78 is 1.15. The predicted molar refractivity (Wildman–Crippen MR) is 87.6 cm³/mol. The van der Waals surface area contributed by atoms with E-state index in [-0.39, 0.29) is 5.78 Å². The Morgan fingerprint density at radius 3 is 2.84 bits per heavy atom. The zero-order chi connectivity index (χ0) is 13.8. The molecule has 3 nitrogen and oxygen atoms in total. The molecule has 0 fully saturated rings. The van der Waals surface area contributed by atoms with Gasteiger partial charge in [0, 0.05) is 17.8 Å². The minimum atomic E-state index is 0.109. The number of nitrogens with two attached hydrogens (primary N) is 1. The van der Waals surface area contributed by atoms with Crippen LogP contribution in [0, 0.1) is 0 Å². The minimum absolute atomic E-state index is 0.109. The van der Waals surface area contributed by atoms with E-state index in [0.717, 1.165) is 21.8 Å². The highest BCUT2D eigenvalue weighted by Crippen LogP contribution is 2.30. The number of rotatable bonds is 6. The minimum Gasteiger partial charge on any atom is -0.397 e. The van der Waals surface area contributed by atoms with Crippen LogP contribution in [-0.4, -0.2) is 12.3 Å². The molecule has 0 saturated heterocycles. The molecule has 0 amide bonds. The van der Waals surface area contributed by atoms with Gasteiger partial charge in [0.1, 0.15) is 0 Å². The zero-order valence-corrected chi connectivity index (χ0v) is 13.8. The maximum absolute atomic E-state index is 11.6.